The smallest absolute Gasteiger partial charge is 0.0790 e. The molecule has 1 rings (SSSR count). The second-order valence-electron chi connectivity index (χ2n) is 4.96. The van der Waals surface area contributed by atoms with Gasteiger partial charge in [-0.3, -0.25) is 0 Å². The third kappa shape index (κ3) is 5.50. The van der Waals surface area contributed by atoms with E-state index in [4.69, 9.17) is 0 Å². The lowest BCUT2D eigenvalue weighted by Gasteiger charge is -2.13. The quantitative estimate of drug-likeness (QED) is 0.620. The van der Waals surface area contributed by atoms with Crippen LogP contribution < -0.4 is 0 Å². The van der Waals surface area contributed by atoms with Gasteiger partial charge in [0.05, 0.1) is 6.10 Å². The molecule has 100 valence electrons. The Labute approximate surface area is 112 Å². The van der Waals surface area contributed by atoms with E-state index < -0.39 is 6.10 Å². The fourth-order valence-electron chi connectivity index (χ4n) is 2.14. The number of hydrogen-bond donors (Lipinski definition) is 1. The van der Waals surface area contributed by atoms with Crippen molar-refractivity contribution in [2.75, 3.05) is 0 Å². The monoisotopic (exact) mass is 246 g/mol. The first-order chi connectivity index (χ1) is 8.75. The first kappa shape index (κ1) is 15.0. The standard InChI is InChI=1S/C17H26O/c1-3-4-5-6-7-11-14-17(18)15(2)16-12-9-8-10-13-16/h8-10,12-13,17-18H,2-7,11,14H2,1H3. The number of hydrogen-bond acceptors (Lipinski definition) is 1. The van der Waals surface area contributed by atoms with E-state index in [0.29, 0.717) is 0 Å². The lowest BCUT2D eigenvalue weighted by molar-refractivity contribution is 0.217. The van der Waals surface area contributed by atoms with Crippen LogP contribution in [-0.4, -0.2) is 11.2 Å². The summed E-state index contributed by atoms with van der Waals surface area (Å²) in [4.78, 5) is 0. The van der Waals surface area contributed by atoms with Crippen molar-refractivity contribution in [2.45, 2.75) is 58.0 Å². The lowest BCUT2D eigenvalue weighted by atomic mass is 9.97. The average molecular weight is 246 g/mol. The first-order valence-corrected chi connectivity index (χ1v) is 7.18. The summed E-state index contributed by atoms with van der Waals surface area (Å²) < 4.78 is 0. The van der Waals surface area contributed by atoms with E-state index in [-0.39, 0.29) is 0 Å². The molecule has 0 saturated carbocycles. The molecule has 0 aliphatic heterocycles. The maximum absolute atomic E-state index is 10.1. The Balaban J connectivity index is 2.20. The van der Waals surface area contributed by atoms with Gasteiger partial charge in [-0.2, -0.15) is 0 Å². The summed E-state index contributed by atoms with van der Waals surface area (Å²) in [6.07, 6.45) is 7.99. The Morgan fingerprint density at radius 2 is 1.67 bits per heavy atom. The summed E-state index contributed by atoms with van der Waals surface area (Å²) in [5.74, 6) is 0. The fourth-order valence-corrected chi connectivity index (χ4v) is 2.14. The van der Waals surface area contributed by atoms with E-state index in [1.807, 2.05) is 30.3 Å². The van der Waals surface area contributed by atoms with Crippen molar-refractivity contribution in [3.63, 3.8) is 0 Å². The van der Waals surface area contributed by atoms with Crippen molar-refractivity contribution >= 4 is 5.57 Å². The molecule has 0 aromatic heterocycles. The van der Waals surface area contributed by atoms with Crippen LogP contribution in [0.2, 0.25) is 0 Å². The molecule has 18 heavy (non-hydrogen) atoms. The minimum absolute atomic E-state index is 0.390. The zero-order chi connectivity index (χ0) is 13.2. The number of aliphatic hydroxyl groups is 1. The maximum Gasteiger partial charge on any atom is 0.0790 e. The molecular weight excluding hydrogens is 220 g/mol. The molecule has 0 spiro atoms. The summed E-state index contributed by atoms with van der Waals surface area (Å²) >= 11 is 0. The van der Waals surface area contributed by atoms with Crippen molar-refractivity contribution in [2.24, 2.45) is 0 Å². The largest absolute Gasteiger partial charge is 0.388 e. The highest BCUT2D eigenvalue weighted by Crippen LogP contribution is 2.20. The minimum atomic E-state index is -0.390. The normalized spacial score (nSPS) is 12.3. The molecular formula is C17H26O. The van der Waals surface area contributed by atoms with E-state index >= 15 is 0 Å². The summed E-state index contributed by atoms with van der Waals surface area (Å²) in [5, 5.41) is 10.1. The van der Waals surface area contributed by atoms with Gasteiger partial charge in [0, 0.05) is 0 Å². The second kappa shape index (κ2) is 8.93. The predicted octanol–water partition coefficient (Wildman–Crippen LogP) is 4.81. The average Bonchev–Trinajstić information content (AvgIpc) is 2.42. The van der Waals surface area contributed by atoms with E-state index in [1.165, 1.54) is 32.1 Å². The number of aliphatic hydroxyl groups excluding tert-OH is 1. The summed E-state index contributed by atoms with van der Waals surface area (Å²) in [5.41, 5.74) is 1.90. The molecule has 1 unspecified atom stereocenters. The van der Waals surface area contributed by atoms with Gasteiger partial charge in [0.25, 0.3) is 0 Å². The number of rotatable bonds is 9. The van der Waals surface area contributed by atoms with Gasteiger partial charge >= 0.3 is 0 Å². The molecule has 1 heteroatoms. The highest BCUT2D eigenvalue weighted by atomic mass is 16.3. The molecule has 1 N–H and O–H groups in total. The van der Waals surface area contributed by atoms with Crippen molar-refractivity contribution in [3.05, 3.63) is 42.5 Å². The van der Waals surface area contributed by atoms with Gasteiger partial charge in [-0.05, 0) is 17.6 Å². The van der Waals surface area contributed by atoms with Crippen LogP contribution in [0.4, 0.5) is 0 Å². The molecule has 0 aliphatic rings. The van der Waals surface area contributed by atoms with Crippen molar-refractivity contribution in [1.82, 2.24) is 0 Å². The molecule has 0 heterocycles. The Bertz CT molecular complexity index is 329. The SMILES string of the molecule is C=C(c1ccccc1)C(O)CCCCCCCC. The van der Waals surface area contributed by atoms with Gasteiger partial charge in [-0.15, -0.1) is 0 Å². The van der Waals surface area contributed by atoms with Crippen LogP contribution in [0.25, 0.3) is 5.57 Å². The van der Waals surface area contributed by atoms with Gasteiger partial charge < -0.3 is 5.11 Å². The van der Waals surface area contributed by atoms with Crippen molar-refractivity contribution in [3.8, 4) is 0 Å². The van der Waals surface area contributed by atoms with Gasteiger partial charge in [0.1, 0.15) is 0 Å². The zero-order valence-electron chi connectivity index (χ0n) is 11.6. The van der Waals surface area contributed by atoms with E-state index in [9.17, 15) is 5.11 Å². The van der Waals surface area contributed by atoms with E-state index in [0.717, 1.165) is 24.0 Å². The Morgan fingerprint density at radius 1 is 1.06 bits per heavy atom. The molecule has 0 bridgehead atoms. The van der Waals surface area contributed by atoms with E-state index in [1.54, 1.807) is 0 Å². The van der Waals surface area contributed by atoms with Crippen LogP contribution in [0.3, 0.4) is 0 Å². The lowest BCUT2D eigenvalue weighted by Crippen LogP contribution is -2.08. The van der Waals surface area contributed by atoms with Crippen LogP contribution in [0.15, 0.2) is 36.9 Å². The first-order valence-electron chi connectivity index (χ1n) is 7.18. The van der Waals surface area contributed by atoms with Crippen LogP contribution >= 0.6 is 0 Å². The predicted molar refractivity (Wildman–Crippen MR) is 79.5 cm³/mol. The van der Waals surface area contributed by atoms with Crippen molar-refractivity contribution in [1.29, 1.82) is 0 Å². The fraction of sp³-hybridized carbons (Fsp3) is 0.529. The number of unbranched alkanes of at least 4 members (excludes halogenated alkanes) is 5. The van der Waals surface area contributed by atoms with Crippen LogP contribution in [-0.2, 0) is 0 Å². The zero-order valence-corrected chi connectivity index (χ0v) is 11.6. The molecule has 0 saturated heterocycles. The van der Waals surface area contributed by atoms with Crippen LogP contribution in [0, 0.1) is 0 Å². The van der Waals surface area contributed by atoms with Crippen LogP contribution in [0.1, 0.15) is 57.4 Å². The van der Waals surface area contributed by atoms with Crippen molar-refractivity contribution < 1.29 is 5.11 Å². The molecule has 1 atom stereocenters. The molecule has 0 fully saturated rings. The van der Waals surface area contributed by atoms with Gasteiger partial charge in [0.15, 0.2) is 0 Å². The highest BCUT2D eigenvalue weighted by molar-refractivity contribution is 5.66. The van der Waals surface area contributed by atoms with Gasteiger partial charge in [-0.1, -0.05) is 82.4 Å². The molecule has 1 aromatic carbocycles. The third-order valence-corrected chi connectivity index (χ3v) is 3.38. The molecule has 0 aliphatic carbocycles. The van der Waals surface area contributed by atoms with E-state index in [2.05, 4.69) is 13.5 Å². The van der Waals surface area contributed by atoms with Gasteiger partial charge in [-0.25, -0.2) is 0 Å². The van der Waals surface area contributed by atoms with Crippen LogP contribution in [0.5, 0.6) is 0 Å². The molecule has 0 amide bonds. The highest BCUT2D eigenvalue weighted by Gasteiger charge is 2.09. The van der Waals surface area contributed by atoms with Gasteiger partial charge in [0.2, 0.25) is 0 Å². The summed E-state index contributed by atoms with van der Waals surface area (Å²) in [7, 11) is 0. The Morgan fingerprint density at radius 3 is 2.33 bits per heavy atom. The summed E-state index contributed by atoms with van der Waals surface area (Å²) in [6, 6.07) is 9.96. The minimum Gasteiger partial charge on any atom is -0.388 e. The molecule has 1 aromatic rings. The Hall–Kier alpha value is -1.08. The second-order valence-corrected chi connectivity index (χ2v) is 4.96. The number of benzene rings is 1. The molecule has 1 nitrogen and oxygen atoms in total. The molecule has 0 radical (unpaired) electrons. The Kier molecular flexibility index (Phi) is 7.43. The maximum atomic E-state index is 10.1. The topological polar surface area (TPSA) is 20.2 Å². The summed E-state index contributed by atoms with van der Waals surface area (Å²) in [6.45, 7) is 6.23. The third-order valence-electron chi connectivity index (χ3n) is 3.38.